The van der Waals surface area contributed by atoms with Crippen LogP contribution in [0, 0.1) is 24.7 Å². The Bertz CT molecular complexity index is 483. The minimum atomic E-state index is 0.346. The molecule has 1 aromatic heterocycles. The molecule has 0 spiro atoms. The van der Waals surface area contributed by atoms with E-state index in [-0.39, 0.29) is 0 Å². The van der Waals surface area contributed by atoms with Gasteiger partial charge in [-0.05, 0) is 70.1 Å². The van der Waals surface area contributed by atoms with Crippen LogP contribution in [0.2, 0.25) is 0 Å². The summed E-state index contributed by atoms with van der Waals surface area (Å²) < 4.78 is 0. The monoisotopic (exact) mass is 274 g/mol. The van der Waals surface area contributed by atoms with Crippen molar-refractivity contribution in [3.05, 3.63) is 5.82 Å². The van der Waals surface area contributed by atoms with Gasteiger partial charge in [-0.3, -0.25) is 0 Å². The van der Waals surface area contributed by atoms with E-state index in [2.05, 4.69) is 21.8 Å². The summed E-state index contributed by atoms with van der Waals surface area (Å²) in [6, 6.07) is 0. The van der Waals surface area contributed by atoms with Crippen molar-refractivity contribution >= 4 is 11.6 Å². The molecule has 4 aliphatic rings. The SMILES string of the molecule is CCN(c1nc(C)[nH]c1N)C12CC3CC(CC(C3)C1)C2. The van der Waals surface area contributed by atoms with Gasteiger partial charge in [0, 0.05) is 12.1 Å². The summed E-state index contributed by atoms with van der Waals surface area (Å²) in [5.74, 6) is 5.55. The maximum Gasteiger partial charge on any atom is 0.171 e. The molecular weight excluding hydrogens is 248 g/mol. The van der Waals surface area contributed by atoms with Crippen molar-refractivity contribution in [2.45, 2.75) is 57.9 Å². The van der Waals surface area contributed by atoms with Crippen LogP contribution in [-0.4, -0.2) is 22.1 Å². The molecule has 0 amide bonds. The molecule has 0 radical (unpaired) electrons. The van der Waals surface area contributed by atoms with Gasteiger partial charge in [-0.25, -0.2) is 4.98 Å². The van der Waals surface area contributed by atoms with Crippen LogP contribution in [0.1, 0.15) is 51.3 Å². The third kappa shape index (κ3) is 1.69. The van der Waals surface area contributed by atoms with Crippen molar-refractivity contribution in [1.82, 2.24) is 9.97 Å². The predicted octanol–water partition coefficient (Wildman–Crippen LogP) is 3.10. The number of nitrogens with zero attached hydrogens (tertiary/aromatic N) is 2. The smallest absolute Gasteiger partial charge is 0.171 e. The predicted molar refractivity (Wildman–Crippen MR) is 81.7 cm³/mol. The molecule has 20 heavy (non-hydrogen) atoms. The van der Waals surface area contributed by atoms with E-state index >= 15 is 0 Å². The number of nitrogens with one attached hydrogen (secondary N) is 1. The lowest BCUT2D eigenvalue weighted by Gasteiger charge is -2.60. The first kappa shape index (κ1) is 12.5. The number of hydrogen-bond donors (Lipinski definition) is 2. The lowest BCUT2D eigenvalue weighted by Crippen LogP contribution is -2.60. The molecule has 5 rings (SSSR count). The van der Waals surface area contributed by atoms with Gasteiger partial charge in [0.25, 0.3) is 0 Å². The second-order valence-corrected chi connectivity index (χ2v) is 7.45. The van der Waals surface area contributed by atoms with Crippen molar-refractivity contribution in [3.8, 4) is 0 Å². The third-order valence-electron chi connectivity index (χ3n) is 5.98. The van der Waals surface area contributed by atoms with Gasteiger partial charge in [0.15, 0.2) is 5.82 Å². The number of rotatable bonds is 3. The molecular formula is C16H26N4. The zero-order valence-corrected chi connectivity index (χ0v) is 12.7. The topological polar surface area (TPSA) is 57.9 Å². The van der Waals surface area contributed by atoms with Gasteiger partial charge >= 0.3 is 0 Å². The van der Waals surface area contributed by atoms with Crippen LogP contribution in [-0.2, 0) is 0 Å². The van der Waals surface area contributed by atoms with E-state index in [0.717, 1.165) is 41.8 Å². The van der Waals surface area contributed by atoms with Crippen LogP contribution in [0.3, 0.4) is 0 Å². The molecule has 110 valence electrons. The van der Waals surface area contributed by atoms with Gasteiger partial charge in [-0.2, -0.15) is 0 Å². The summed E-state index contributed by atoms with van der Waals surface area (Å²) >= 11 is 0. The lowest BCUT2D eigenvalue weighted by atomic mass is 9.52. The Kier molecular flexibility index (Phi) is 2.60. The largest absolute Gasteiger partial charge is 0.382 e. The number of aromatic nitrogens is 2. The summed E-state index contributed by atoms with van der Waals surface area (Å²) in [6.07, 6.45) is 8.51. The van der Waals surface area contributed by atoms with Gasteiger partial charge in [0.05, 0.1) is 0 Å². The highest BCUT2D eigenvalue weighted by molar-refractivity contribution is 5.61. The van der Waals surface area contributed by atoms with Gasteiger partial charge in [0.1, 0.15) is 11.6 Å². The molecule has 4 fully saturated rings. The molecule has 4 aliphatic carbocycles. The Balaban J connectivity index is 1.72. The van der Waals surface area contributed by atoms with E-state index in [9.17, 15) is 0 Å². The van der Waals surface area contributed by atoms with Crippen molar-refractivity contribution in [2.24, 2.45) is 17.8 Å². The van der Waals surface area contributed by atoms with Crippen molar-refractivity contribution in [3.63, 3.8) is 0 Å². The molecule has 4 bridgehead atoms. The molecule has 1 heterocycles. The summed E-state index contributed by atoms with van der Waals surface area (Å²) in [5, 5.41) is 0. The van der Waals surface area contributed by atoms with Crippen LogP contribution in [0.25, 0.3) is 0 Å². The minimum absolute atomic E-state index is 0.346. The number of nitrogens with two attached hydrogens (primary N) is 1. The Morgan fingerprint density at radius 1 is 1.20 bits per heavy atom. The van der Waals surface area contributed by atoms with Crippen molar-refractivity contribution in [1.29, 1.82) is 0 Å². The number of aromatic amines is 1. The van der Waals surface area contributed by atoms with E-state index in [4.69, 9.17) is 5.73 Å². The molecule has 1 aromatic rings. The van der Waals surface area contributed by atoms with Crippen LogP contribution in [0.15, 0.2) is 0 Å². The highest BCUT2D eigenvalue weighted by Gasteiger charge is 2.53. The van der Waals surface area contributed by atoms with Crippen molar-refractivity contribution < 1.29 is 0 Å². The fraction of sp³-hybridized carbons (Fsp3) is 0.812. The second kappa shape index (κ2) is 4.15. The molecule has 3 N–H and O–H groups in total. The number of anilines is 2. The van der Waals surface area contributed by atoms with Crippen LogP contribution in [0.5, 0.6) is 0 Å². The van der Waals surface area contributed by atoms with Gasteiger partial charge in [-0.1, -0.05) is 0 Å². The minimum Gasteiger partial charge on any atom is -0.382 e. The Hall–Kier alpha value is -1.19. The number of hydrogen-bond acceptors (Lipinski definition) is 3. The highest BCUT2D eigenvalue weighted by Crippen LogP contribution is 2.58. The molecule has 0 aliphatic heterocycles. The number of nitrogen functional groups attached to an aromatic ring is 1. The Labute approximate surface area is 121 Å². The first-order valence-corrected chi connectivity index (χ1v) is 8.19. The zero-order valence-electron chi connectivity index (χ0n) is 12.7. The quantitative estimate of drug-likeness (QED) is 0.890. The highest BCUT2D eigenvalue weighted by atomic mass is 15.3. The number of imidazole rings is 1. The van der Waals surface area contributed by atoms with Crippen LogP contribution < -0.4 is 10.6 Å². The second-order valence-electron chi connectivity index (χ2n) is 7.45. The lowest BCUT2D eigenvalue weighted by molar-refractivity contribution is -0.00411. The maximum atomic E-state index is 6.18. The van der Waals surface area contributed by atoms with E-state index in [1.807, 2.05) is 6.92 Å². The van der Waals surface area contributed by atoms with Gasteiger partial charge in [-0.15, -0.1) is 0 Å². The average molecular weight is 274 g/mol. The molecule has 0 aromatic carbocycles. The summed E-state index contributed by atoms with van der Waals surface area (Å²) in [6.45, 7) is 5.26. The first-order valence-electron chi connectivity index (χ1n) is 8.19. The third-order valence-corrected chi connectivity index (χ3v) is 5.98. The number of H-pyrrole nitrogens is 1. The Morgan fingerprint density at radius 2 is 1.75 bits per heavy atom. The number of aryl methyl sites for hydroxylation is 1. The summed E-state index contributed by atoms with van der Waals surface area (Å²) in [7, 11) is 0. The van der Waals surface area contributed by atoms with Gasteiger partial charge < -0.3 is 15.6 Å². The molecule has 4 heteroatoms. The summed E-state index contributed by atoms with van der Waals surface area (Å²) in [4.78, 5) is 10.4. The molecule has 4 saturated carbocycles. The maximum absolute atomic E-state index is 6.18. The van der Waals surface area contributed by atoms with E-state index < -0.39 is 0 Å². The first-order chi connectivity index (χ1) is 9.59. The standard InChI is InChI=1S/C16H26N4/c1-3-20(15-14(17)18-10(2)19-15)16-7-11-4-12(8-16)6-13(5-11)9-16/h11-13H,3-9,17H2,1-2H3,(H,18,19). The normalized spacial score (nSPS) is 38.4. The van der Waals surface area contributed by atoms with Crippen LogP contribution in [0.4, 0.5) is 11.6 Å². The van der Waals surface area contributed by atoms with Gasteiger partial charge in [0.2, 0.25) is 0 Å². The molecule has 4 nitrogen and oxygen atoms in total. The van der Waals surface area contributed by atoms with E-state index in [1.54, 1.807) is 0 Å². The fourth-order valence-corrected chi connectivity index (χ4v) is 5.81. The molecule has 0 atom stereocenters. The van der Waals surface area contributed by atoms with Crippen molar-refractivity contribution in [2.75, 3.05) is 17.2 Å². The summed E-state index contributed by atoms with van der Waals surface area (Å²) in [5.41, 5.74) is 6.52. The van der Waals surface area contributed by atoms with Crippen LogP contribution >= 0.6 is 0 Å². The molecule has 0 saturated heterocycles. The Morgan fingerprint density at radius 3 is 2.15 bits per heavy atom. The van der Waals surface area contributed by atoms with E-state index in [1.165, 1.54) is 38.5 Å². The molecule has 0 unspecified atom stereocenters. The zero-order chi connectivity index (χ0) is 13.9. The fourth-order valence-electron chi connectivity index (χ4n) is 5.81. The average Bonchev–Trinajstić information content (AvgIpc) is 2.67. The van der Waals surface area contributed by atoms with E-state index in [0.29, 0.717) is 5.54 Å².